The number of alkyl halides is 1. The second kappa shape index (κ2) is 12.8. The Labute approximate surface area is 235 Å². The van der Waals surface area contributed by atoms with Gasteiger partial charge in [0.25, 0.3) is 5.91 Å². The largest absolute Gasteiger partial charge is 0.337 e. The lowest BCUT2D eigenvalue weighted by molar-refractivity contribution is -0.126. The number of benzene rings is 1. The fraction of sp³-hybridized carbons (Fsp3) is 0.385. The molecule has 2 N–H and O–H groups in total. The van der Waals surface area contributed by atoms with Crippen molar-refractivity contribution in [2.75, 3.05) is 50.2 Å². The molecule has 12 heteroatoms. The van der Waals surface area contributed by atoms with Crippen molar-refractivity contribution in [3.63, 3.8) is 0 Å². The molecule has 1 aliphatic heterocycles. The van der Waals surface area contributed by atoms with Crippen LogP contribution in [0.15, 0.2) is 41.8 Å². The highest BCUT2D eigenvalue weighted by atomic mass is 35.5. The maximum Gasteiger partial charge on any atom is 0.258 e. The van der Waals surface area contributed by atoms with Crippen LogP contribution in [0.2, 0.25) is 5.02 Å². The number of nitrogens with zero attached hydrogens (tertiary/aromatic N) is 4. The number of amides is 3. The second-order valence-electron chi connectivity index (χ2n) is 9.35. The minimum Gasteiger partial charge on any atom is -0.337 e. The molecule has 1 aromatic carbocycles. The first kappa shape index (κ1) is 28.1. The lowest BCUT2D eigenvalue weighted by atomic mass is 10.1. The number of carbonyl (C=O) groups is 3. The molecule has 3 aromatic rings. The molecule has 38 heavy (non-hydrogen) atoms. The number of carbonyl (C=O) groups excluding carboxylic acids is 3. The number of likely N-dealkylation sites (tertiary alicyclic amines) is 1. The minimum atomic E-state index is -0.367. The van der Waals surface area contributed by atoms with E-state index in [1.165, 1.54) is 11.3 Å². The number of nitrogens with one attached hydrogen (secondary N) is 2. The van der Waals surface area contributed by atoms with E-state index in [-0.39, 0.29) is 29.6 Å². The summed E-state index contributed by atoms with van der Waals surface area (Å²) in [7, 11) is 3.90. The Hall–Kier alpha value is -2.92. The van der Waals surface area contributed by atoms with Crippen LogP contribution in [0, 0.1) is 0 Å². The predicted molar refractivity (Wildman–Crippen MR) is 154 cm³/mol. The van der Waals surface area contributed by atoms with Crippen molar-refractivity contribution in [2.45, 2.75) is 25.3 Å². The Bertz CT molecular complexity index is 1350. The van der Waals surface area contributed by atoms with Gasteiger partial charge in [-0.1, -0.05) is 23.7 Å². The summed E-state index contributed by atoms with van der Waals surface area (Å²) in [5.41, 5.74) is 1.75. The topological polar surface area (TPSA) is 99.6 Å². The molecular weight excluding hydrogens is 547 g/mol. The zero-order valence-corrected chi connectivity index (χ0v) is 23.6. The van der Waals surface area contributed by atoms with Gasteiger partial charge in [0.15, 0.2) is 0 Å². The van der Waals surface area contributed by atoms with Crippen LogP contribution in [-0.4, -0.2) is 76.7 Å². The maximum absolute atomic E-state index is 13.2. The molecule has 3 amide bonds. The molecule has 1 fully saturated rings. The normalized spacial score (nSPS) is 16.2. The van der Waals surface area contributed by atoms with Crippen LogP contribution in [0.5, 0.6) is 0 Å². The van der Waals surface area contributed by atoms with E-state index in [1.54, 1.807) is 23.6 Å². The lowest BCUT2D eigenvalue weighted by Crippen LogP contribution is -2.34. The van der Waals surface area contributed by atoms with Crippen molar-refractivity contribution in [1.82, 2.24) is 19.4 Å². The van der Waals surface area contributed by atoms with Gasteiger partial charge in [0.05, 0.1) is 32.7 Å². The van der Waals surface area contributed by atoms with Crippen LogP contribution < -0.4 is 10.6 Å². The molecule has 0 bridgehead atoms. The average molecular weight is 578 g/mol. The number of aromatic nitrogens is 2. The van der Waals surface area contributed by atoms with Crippen LogP contribution in [-0.2, 0) is 9.59 Å². The zero-order chi connectivity index (χ0) is 27.2. The molecule has 0 saturated carbocycles. The highest BCUT2D eigenvalue weighted by Crippen LogP contribution is 2.34. The van der Waals surface area contributed by atoms with E-state index < -0.39 is 0 Å². The van der Waals surface area contributed by atoms with Crippen molar-refractivity contribution in [2.24, 2.45) is 0 Å². The summed E-state index contributed by atoms with van der Waals surface area (Å²) < 4.78 is 1.95. The SMILES string of the molecule is CN(C)C/C=C/C(=O)N1CCCC[C@@H](n2c(NC(=O)c3csc(NC(=O)CCl)c3)nc3cccc(Cl)c32)C1. The molecule has 0 aliphatic carbocycles. The number of hydrogen-bond acceptors (Lipinski definition) is 6. The summed E-state index contributed by atoms with van der Waals surface area (Å²) in [5, 5.41) is 8.28. The number of rotatable bonds is 8. The van der Waals surface area contributed by atoms with Gasteiger partial charge < -0.3 is 19.7 Å². The fourth-order valence-electron chi connectivity index (χ4n) is 4.42. The van der Waals surface area contributed by atoms with E-state index in [9.17, 15) is 14.4 Å². The lowest BCUT2D eigenvalue weighted by Gasteiger charge is -2.26. The Morgan fingerprint density at radius 3 is 2.82 bits per heavy atom. The molecule has 202 valence electrons. The third-order valence-electron chi connectivity index (χ3n) is 6.19. The van der Waals surface area contributed by atoms with E-state index in [0.717, 1.165) is 19.3 Å². The smallest absolute Gasteiger partial charge is 0.258 e. The molecule has 4 rings (SSSR count). The van der Waals surface area contributed by atoms with Gasteiger partial charge in [-0.2, -0.15) is 0 Å². The first-order valence-corrected chi connectivity index (χ1v) is 14.1. The van der Waals surface area contributed by atoms with Gasteiger partial charge in [0.2, 0.25) is 17.8 Å². The van der Waals surface area contributed by atoms with Crippen molar-refractivity contribution in [1.29, 1.82) is 0 Å². The zero-order valence-electron chi connectivity index (χ0n) is 21.2. The van der Waals surface area contributed by atoms with Gasteiger partial charge in [-0.25, -0.2) is 4.98 Å². The summed E-state index contributed by atoms with van der Waals surface area (Å²) in [5.74, 6) is -0.562. The van der Waals surface area contributed by atoms with Gasteiger partial charge in [-0.05, 0) is 51.6 Å². The van der Waals surface area contributed by atoms with Crippen molar-refractivity contribution in [3.05, 3.63) is 52.4 Å². The molecular formula is C26H30Cl2N6O3S. The quantitative estimate of drug-likeness (QED) is 0.295. The van der Waals surface area contributed by atoms with Gasteiger partial charge in [-0.15, -0.1) is 22.9 Å². The molecule has 0 unspecified atom stereocenters. The van der Waals surface area contributed by atoms with Crippen molar-refractivity contribution in [3.8, 4) is 0 Å². The highest BCUT2D eigenvalue weighted by Gasteiger charge is 2.27. The Balaban J connectivity index is 1.63. The van der Waals surface area contributed by atoms with Crippen LogP contribution in [0.3, 0.4) is 0 Å². The molecule has 3 heterocycles. The Morgan fingerprint density at radius 2 is 2.05 bits per heavy atom. The van der Waals surface area contributed by atoms with Crippen molar-refractivity contribution >= 4 is 74.2 Å². The number of anilines is 2. The van der Waals surface area contributed by atoms with E-state index in [2.05, 4.69) is 10.6 Å². The van der Waals surface area contributed by atoms with Gasteiger partial charge in [-0.3, -0.25) is 19.7 Å². The first-order chi connectivity index (χ1) is 18.3. The number of hydrogen-bond donors (Lipinski definition) is 2. The van der Waals surface area contributed by atoms with Crippen LogP contribution in [0.4, 0.5) is 10.9 Å². The third-order valence-corrected chi connectivity index (χ3v) is 7.58. The van der Waals surface area contributed by atoms with Gasteiger partial charge in [0, 0.05) is 31.1 Å². The molecule has 0 radical (unpaired) electrons. The van der Waals surface area contributed by atoms with Crippen LogP contribution in [0.25, 0.3) is 11.0 Å². The number of fused-ring (bicyclic) bond motifs is 1. The number of imidazole rings is 1. The number of halogens is 2. The molecule has 1 saturated heterocycles. The summed E-state index contributed by atoms with van der Waals surface area (Å²) in [6.07, 6.45) is 6.10. The van der Waals surface area contributed by atoms with E-state index in [1.807, 2.05) is 46.7 Å². The second-order valence-corrected chi connectivity index (χ2v) is 10.9. The molecule has 1 atom stereocenters. The van der Waals surface area contributed by atoms with Gasteiger partial charge >= 0.3 is 0 Å². The summed E-state index contributed by atoms with van der Waals surface area (Å²) in [6, 6.07) is 6.92. The predicted octanol–water partition coefficient (Wildman–Crippen LogP) is 4.85. The van der Waals surface area contributed by atoms with Gasteiger partial charge in [0.1, 0.15) is 5.88 Å². The van der Waals surface area contributed by atoms with Crippen LogP contribution in [0.1, 0.15) is 35.7 Å². The third kappa shape index (κ3) is 6.74. The highest BCUT2D eigenvalue weighted by molar-refractivity contribution is 7.14. The Kier molecular flexibility index (Phi) is 9.43. The number of para-hydroxylation sites is 1. The number of likely N-dealkylation sites (N-methyl/N-ethyl adjacent to an activating group) is 1. The van der Waals surface area contributed by atoms with Crippen molar-refractivity contribution < 1.29 is 14.4 Å². The molecule has 2 aromatic heterocycles. The molecule has 0 spiro atoms. The summed E-state index contributed by atoms with van der Waals surface area (Å²) in [4.78, 5) is 46.3. The molecule has 1 aliphatic rings. The summed E-state index contributed by atoms with van der Waals surface area (Å²) >= 11 is 13.4. The molecule has 9 nitrogen and oxygen atoms in total. The Morgan fingerprint density at radius 1 is 1.24 bits per heavy atom. The van der Waals surface area contributed by atoms with E-state index in [4.69, 9.17) is 28.2 Å². The number of thiophene rings is 1. The average Bonchev–Trinajstić information content (AvgIpc) is 3.41. The summed E-state index contributed by atoms with van der Waals surface area (Å²) in [6.45, 7) is 1.81. The first-order valence-electron chi connectivity index (χ1n) is 12.3. The minimum absolute atomic E-state index is 0.0374. The maximum atomic E-state index is 13.2. The van der Waals surface area contributed by atoms with E-state index in [0.29, 0.717) is 52.2 Å². The van der Waals surface area contributed by atoms with E-state index >= 15 is 0 Å². The van der Waals surface area contributed by atoms with Crippen LogP contribution >= 0.6 is 34.5 Å². The fourth-order valence-corrected chi connectivity index (χ4v) is 5.54. The standard InChI is InChI=1S/C26H30Cl2N6O3S/c1-32(2)11-6-10-23(36)33-12-4-3-7-18(15-33)34-24-19(28)8-5-9-20(24)29-26(34)31-25(37)17-13-22(38-16-17)30-21(35)14-27/h5-6,8-10,13,16,18H,3-4,7,11-12,14-15H2,1-2H3,(H,30,35)(H,29,31,37)/b10-6+/t18-/m1/s1. The monoisotopic (exact) mass is 576 g/mol.